The highest BCUT2D eigenvalue weighted by molar-refractivity contribution is 7.99. The van der Waals surface area contributed by atoms with Crippen LogP contribution in [0.5, 0.6) is 0 Å². The van der Waals surface area contributed by atoms with Crippen LogP contribution in [0.3, 0.4) is 0 Å². The smallest absolute Gasteiger partial charge is 0.292 e. The maximum Gasteiger partial charge on any atom is 0.343 e. The maximum absolute atomic E-state index is 13.6. The molecule has 2 aromatic heterocycles. The number of hydrazine groups is 1. The largest absolute Gasteiger partial charge is 0.343 e. The van der Waals surface area contributed by atoms with Crippen molar-refractivity contribution in [1.29, 1.82) is 0 Å². The van der Waals surface area contributed by atoms with Crippen LogP contribution in [-0.2, 0) is 6.54 Å². The van der Waals surface area contributed by atoms with E-state index >= 15 is 0 Å². The number of nitrogens with two attached hydrogens (primary N) is 1. The molecule has 0 spiro atoms. The number of nitrogens with zero attached hydrogens (tertiary/aromatic N) is 4. The van der Waals surface area contributed by atoms with Crippen LogP contribution in [0.25, 0.3) is 0 Å². The second kappa shape index (κ2) is 5.80. The molecule has 0 aliphatic heterocycles. The molecule has 2 aromatic rings. The molecule has 0 unspecified atom stereocenters. The van der Waals surface area contributed by atoms with Gasteiger partial charge in [0.2, 0.25) is 5.95 Å². The summed E-state index contributed by atoms with van der Waals surface area (Å²) in [5.74, 6) is 4.64. The Labute approximate surface area is 111 Å². The van der Waals surface area contributed by atoms with Crippen molar-refractivity contribution in [3.63, 3.8) is 0 Å². The molecule has 2 rings (SSSR count). The van der Waals surface area contributed by atoms with E-state index in [1.807, 2.05) is 6.92 Å². The van der Waals surface area contributed by atoms with E-state index in [-0.39, 0.29) is 16.7 Å². The molecule has 0 amide bonds. The van der Waals surface area contributed by atoms with E-state index in [0.717, 1.165) is 24.4 Å². The zero-order chi connectivity index (χ0) is 13.8. The van der Waals surface area contributed by atoms with Gasteiger partial charge in [0, 0.05) is 6.54 Å². The summed E-state index contributed by atoms with van der Waals surface area (Å²) in [4.78, 5) is 19.0. The van der Waals surface area contributed by atoms with Gasteiger partial charge in [-0.15, -0.1) is 5.10 Å². The zero-order valence-corrected chi connectivity index (χ0v) is 10.9. The number of nitrogens with one attached hydrogen (secondary N) is 2. The molecule has 2 heterocycles. The van der Waals surface area contributed by atoms with Crippen molar-refractivity contribution in [1.82, 2.24) is 24.7 Å². The molecule has 0 aromatic carbocycles. The Morgan fingerprint density at radius 1 is 1.63 bits per heavy atom. The van der Waals surface area contributed by atoms with Gasteiger partial charge in [-0.25, -0.2) is 30.1 Å². The minimum absolute atomic E-state index is 0.0410. The minimum atomic E-state index is -0.609. The average Bonchev–Trinajstić information content (AvgIpc) is 2.74. The normalized spacial score (nSPS) is 10.7. The Balaban J connectivity index is 2.33. The quantitative estimate of drug-likeness (QED) is 0.412. The number of nitrogen functional groups attached to an aromatic ring is 1. The van der Waals surface area contributed by atoms with Crippen molar-refractivity contribution in [2.45, 2.75) is 30.1 Å². The number of hydrogen-bond donors (Lipinski definition) is 3. The van der Waals surface area contributed by atoms with Crippen LogP contribution in [0, 0.1) is 5.82 Å². The van der Waals surface area contributed by atoms with Crippen LogP contribution in [0.2, 0.25) is 0 Å². The third-order valence-corrected chi connectivity index (χ3v) is 3.17. The van der Waals surface area contributed by atoms with Gasteiger partial charge in [0.1, 0.15) is 5.03 Å². The zero-order valence-electron chi connectivity index (χ0n) is 10.1. The molecule has 8 nitrogen and oxygen atoms in total. The summed E-state index contributed by atoms with van der Waals surface area (Å²) in [6, 6.07) is 0. The Hall–Kier alpha value is -1.94. The first-order valence-corrected chi connectivity index (χ1v) is 6.29. The number of hydrogen-bond acceptors (Lipinski definition) is 7. The van der Waals surface area contributed by atoms with Gasteiger partial charge in [0.05, 0.1) is 6.20 Å². The highest BCUT2D eigenvalue weighted by Gasteiger charge is 2.14. The fraction of sp³-hybridized carbons (Fsp3) is 0.333. The molecule has 0 radical (unpaired) electrons. The highest BCUT2D eigenvalue weighted by Crippen LogP contribution is 2.26. The van der Waals surface area contributed by atoms with E-state index in [1.54, 1.807) is 0 Å². The van der Waals surface area contributed by atoms with Gasteiger partial charge in [-0.3, -0.25) is 9.99 Å². The molecule has 0 atom stereocenters. The predicted molar refractivity (Wildman–Crippen MR) is 67.1 cm³/mol. The van der Waals surface area contributed by atoms with E-state index in [0.29, 0.717) is 11.7 Å². The third-order valence-electron chi connectivity index (χ3n) is 2.20. The summed E-state index contributed by atoms with van der Waals surface area (Å²) in [6.07, 6.45) is 1.76. The van der Waals surface area contributed by atoms with Crippen LogP contribution in [0.15, 0.2) is 21.2 Å². The molecule has 19 heavy (non-hydrogen) atoms. The predicted octanol–water partition coefficient (Wildman–Crippen LogP) is 0.347. The summed E-state index contributed by atoms with van der Waals surface area (Å²) < 4.78 is 15.0. The van der Waals surface area contributed by atoms with E-state index in [1.165, 1.54) is 4.57 Å². The van der Waals surface area contributed by atoms with Crippen molar-refractivity contribution in [2.24, 2.45) is 5.84 Å². The van der Waals surface area contributed by atoms with Gasteiger partial charge in [0.25, 0.3) is 0 Å². The fourth-order valence-corrected chi connectivity index (χ4v) is 2.21. The topological polar surface area (TPSA) is 115 Å². The monoisotopic (exact) mass is 285 g/mol. The van der Waals surface area contributed by atoms with Crippen LogP contribution in [0.1, 0.15) is 13.3 Å². The first kappa shape index (κ1) is 13.5. The van der Waals surface area contributed by atoms with Crippen LogP contribution < -0.4 is 17.0 Å². The first-order valence-electron chi connectivity index (χ1n) is 5.48. The molecule has 0 saturated carbocycles. The molecule has 102 valence electrons. The molecule has 0 saturated heterocycles. The van der Waals surface area contributed by atoms with Crippen molar-refractivity contribution in [3.05, 3.63) is 22.5 Å². The minimum Gasteiger partial charge on any atom is -0.292 e. The molecule has 0 aliphatic rings. The highest BCUT2D eigenvalue weighted by atomic mass is 32.2. The molecular formula is C9H12FN7OS. The Bertz CT molecular complexity index is 625. The van der Waals surface area contributed by atoms with Gasteiger partial charge in [-0.2, -0.15) is 0 Å². The fourth-order valence-electron chi connectivity index (χ4n) is 1.38. The van der Waals surface area contributed by atoms with Crippen molar-refractivity contribution in [2.75, 3.05) is 5.43 Å². The van der Waals surface area contributed by atoms with Gasteiger partial charge < -0.3 is 0 Å². The number of aromatic nitrogens is 5. The molecular weight excluding hydrogens is 273 g/mol. The van der Waals surface area contributed by atoms with Crippen molar-refractivity contribution in [3.8, 4) is 0 Å². The van der Waals surface area contributed by atoms with E-state index in [4.69, 9.17) is 5.84 Å². The summed E-state index contributed by atoms with van der Waals surface area (Å²) >= 11 is 0.930. The van der Waals surface area contributed by atoms with Gasteiger partial charge in [-0.05, 0) is 18.2 Å². The second-order valence-corrected chi connectivity index (χ2v) is 4.51. The Morgan fingerprint density at radius 2 is 2.42 bits per heavy atom. The lowest BCUT2D eigenvalue weighted by Gasteiger charge is -2.05. The van der Waals surface area contributed by atoms with Crippen LogP contribution in [-0.4, -0.2) is 24.7 Å². The van der Waals surface area contributed by atoms with Gasteiger partial charge in [0.15, 0.2) is 11.0 Å². The van der Waals surface area contributed by atoms with Crippen LogP contribution in [0.4, 0.5) is 10.3 Å². The SMILES string of the molecule is CCCn1c(Sc2nc(NN)ncc2F)n[nH]c1=O. The lowest BCUT2D eigenvalue weighted by atomic mass is 10.5. The van der Waals surface area contributed by atoms with E-state index in [2.05, 4.69) is 25.6 Å². The maximum atomic E-state index is 13.6. The van der Waals surface area contributed by atoms with Gasteiger partial charge in [-0.1, -0.05) is 6.92 Å². The molecule has 0 bridgehead atoms. The molecule has 4 N–H and O–H groups in total. The van der Waals surface area contributed by atoms with Crippen molar-refractivity contribution >= 4 is 17.7 Å². The summed E-state index contributed by atoms with van der Waals surface area (Å²) in [5.41, 5.74) is 1.89. The number of H-pyrrole nitrogens is 1. The molecule has 0 aliphatic carbocycles. The lowest BCUT2D eigenvalue weighted by Crippen LogP contribution is -2.17. The Kier molecular flexibility index (Phi) is 4.12. The number of halogens is 1. The number of anilines is 1. The summed E-state index contributed by atoms with van der Waals surface area (Å²) in [5, 5.41) is 6.54. The summed E-state index contributed by atoms with van der Waals surface area (Å²) in [6.45, 7) is 2.42. The Morgan fingerprint density at radius 3 is 3.11 bits per heavy atom. The standard InChI is InChI=1S/C9H12FN7OS/c1-2-3-17-8(18)15-16-9(17)19-6-5(10)4-12-7(13-6)14-11/h4H,2-3,11H2,1H3,(H,15,18)(H,12,13,14). The molecule has 0 fully saturated rings. The second-order valence-electron chi connectivity index (χ2n) is 3.56. The summed E-state index contributed by atoms with van der Waals surface area (Å²) in [7, 11) is 0. The number of rotatable bonds is 5. The van der Waals surface area contributed by atoms with Crippen LogP contribution >= 0.6 is 11.8 Å². The van der Waals surface area contributed by atoms with Crippen molar-refractivity contribution < 1.29 is 4.39 Å². The van der Waals surface area contributed by atoms with Gasteiger partial charge >= 0.3 is 5.69 Å². The molecule has 10 heteroatoms. The third kappa shape index (κ3) is 2.90. The lowest BCUT2D eigenvalue weighted by molar-refractivity contribution is 0.575. The average molecular weight is 285 g/mol. The van der Waals surface area contributed by atoms with E-state index < -0.39 is 5.82 Å². The number of aromatic amines is 1. The van der Waals surface area contributed by atoms with E-state index in [9.17, 15) is 9.18 Å². The first-order chi connectivity index (χ1) is 9.15.